The Morgan fingerprint density at radius 3 is 3.00 bits per heavy atom. The second-order valence-electron chi connectivity index (χ2n) is 4.67. The minimum absolute atomic E-state index is 0.0360. The Morgan fingerprint density at radius 2 is 2.16 bits per heavy atom. The first-order valence-corrected chi connectivity index (χ1v) is 6.43. The van der Waals surface area contributed by atoms with Gasteiger partial charge in [0.15, 0.2) is 5.82 Å². The molecule has 0 atom stereocenters. The fourth-order valence-electron chi connectivity index (χ4n) is 2.29. The molecule has 98 valence electrons. The number of amides is 1. The van der Waals surface area contributed by atoms with E-state index in [0.29, 0.717) is 12.2 Å². The molecule has 1 aromatic carbocycles. The van der Waals surface area contributed by atoms with Crippen molar-refractivity contribution in [2.75, 3.05) is 11.9 Å². The Balaban J connectivity index is 1.68. The highest BCUT2D eigenvalue weighted by Crippen LogP contribution is 2.19. The largest absolute Gasteiger partial charge is 0.312 e. The van der Waals surface area contributed by atoms with Crippen LogP contribution in [0.3, 0.4) is 0 Å². The van der Waals surface area contributed by atoms with Crippen molar-refractivity contribution in [3.8, 4) is 0 Å². The maximum atomic E-state index is 12.0. The van der Waals surface area contributed by atoms with E-state index in [1.807, 2.05) is 30.3 Å². The minimum Gasteiger partial charge on any atom is -0.312 e. The van der Waals surface area contributed by atoms with Crippen molar-refractivity contribution in [3.05, 3.63) is 47.2 Å². The van der Waals surface area contributed by atoms with Crippen molar-refractivity contribution in [1.29, 1.82) is 0 Å². The summed E-state index contributed by atoms with van der Waals surface area (Å²) in [5, 5.41) is 13.3. The van der Waals surface area contributed by atoms with E-state index in [4.69, 9.17) is 0 Å². The Bertz CT molecular complexity index is 576. The SMILES string of the molecule is O=C(Cc1ccccc1)Nc1n[nH]c2c1CNCC2. The van der Waals surface area contributed by atoms with Crippen LogP contribution in [0.2, 0.25) is 0 Å². The minimum atomic E-state index is -0.0360. The number of rotatable bonds is 3. The molecule has 3 rings (SSSR count). The summed E-state index contributed by atoms with van der Waals surface area (Å²) in [6, 6.07) is 9.70. The van der Waals surface area contributed by atoms with Crippen molar-refractivity contribution in [2.45, 2.75) is 19.4 Å². The zero-order valence-electron chi connectivity index (χ0n) is 10.6. The summed E-state index contributed by atoms with van der Waals surface area (Å²) >= 11 is 0. The molecule has 5 nitrogen and oxygen atoms in total. The number of fused-ring (bicyclic) bond motifs is 1. The number of nitrogens with one attached hydrogen (secondary N) is 3. The molecule has 1 aliphatic rings. The summed E-state index contributed by atoms with van der Waals surface area (Å²) in [4.78, 5) is 12.0. The molecule has 2 heterocycles. The fraction of sp³-hybridized carbons (Fsp3) is 0.286. The molecule has 1 aromatic heterocycles. The zero-order valence-corrected chi connectivity index (χ0v) is 10.6. The van der Waals surface area contributed by atoms with Crippen LogP contribution in [0.15, 0.2) is 30.3 Å². The van der Waals surface area contributed by atoms with Crippen LogP contribution in [0.25, 0.3) is 0 Å². The number of anilines is 1. The Morgan fingerprint density at radius 1 is 1.32 bits per heavy atom. The van der Waals surface area contributed by atoms with Gasteiger partial charge < -0.3 is 10.6 Å². The van der Waals surface area contributed by atoms with Crippen LogP contribution in [0, 0.1) is 0 Å². The number of H-pyrrole nitrogens is 1. The smallest absolute Gasteiger partial charge is 0.230 e. The summed E-state index contributed by atoms with van der Waals surface area (Å²) in [5.74, 6) is 0.620. The molecule has 1 aliphatic heterocycles. The standard InChI is InChI=1S/C14H16N4O/c19-13(8-10-4-2-1-3-5-10)16-14-11-9-15-7-6-12(11)17-18-14/h1-5,15H,6-9H2,(H2,16,17,18,19). The summed E-state index contributed by atoms with van der Waals surface area (Å²) in [7, 11) is 0. The van der Waals surface area contributed by atoms with Gasteiger partial charge in [0.05, 0.1) is 6.42 Å². The van der Waals surface area contributed by atoms with E-state index in [2.05, 4.69) is 20.8 Å². The van der Waals surface area contributed by atoms with Gasteiger partial charge in [0, 0.05) is 30.8 Å². The molecule has 0 unspecified atom stereocenters. The van der Waals surface area contributed by atoms with Gasteiger partial charge in [0.1, 0.15) is 0 Å². The van der Waals surface area contributed by atoms with Crippen molar-refractivity contribution in [1.82, 2.24) is 15.5 Å². The summed E-state index contributed by atoms with van der Waals surface area (Å²) in [6.07, 6.45) is 1.30. The zero-order chi connectivity index (χ0) is 13.1. The summed E-state index contributed by atoms with van der Waals surface area (Å²) in [5.41, 5.74) is 3.20. The number of hydrogen-bond donors (Lipinski definition) is 3. The first-order chi connectivity index (χ1) is 9.33. The molecule has 0 radical (unpaired) electrons. The molecule has 0 fully saturated rings. The van der Waals surface area contributed by atoms with Gasteiger partial charge in [-0.1, -0.05) is 30.3 Å². The first kappa shape index (κ1) is 11.9. The predicted octanol–water partition coefficient (Wildman–Crippen LogP) is 1.24. The average Bonchev–Trinajstić information content (AvgIpc) is 2.83. The van der Waals surface area contributed by atoms with E-state index in [1.54, 1.807) is 0 Å². The molecule has 0 saturated carbocycles. The third kappa shape index (κ3) is 2.66. The number of aromatic amines is 1. The Kier molecular flexibility index (Phi) is 3.29. The molecule has 0 aliphatic carbocycles. The third-order valence-electron chi connectivity index (χ3n) is 3.27. The number of aromatic nitrogens is 2. The van der Waals surface area contributed by atoms with Gasteiger partial charge in [0.2, 0.25) is 5.91 Å². The van der Waals surface area contributed by atoms with Crippen LogP contribution >= 0.6 is 0 Å². The number of hydrogen-bond acceptors (Lipinski definition) is 3. The lowest BCUT2D eigenvalue weighted by Crippen LogP contribution is -2.24. The number of carbonyl (C=O) groups is 1. The highest BCUT2D eigenvalue weighted by molar-refractivity contribution is 5.92. The van der Waals surface area contributed by atoms with Crippen molar-refractivity contribution in [2.24, 2.45) is 0 Å². The second-order valence-corrected chi connectivity index (χ2v) is 4.67. The van der Waals surface area contributed by atoms with Gasteiger partial charge in [-0.05, 0) is 5.56 Å². The molecule has 19 heavy (non-hydrogen) atoms. The van der Waals surface area contributed by atoms with Crippen molar-refractivity contribution >= 4 is 11.7 Å². The number of benzene rings is 1. The lowest BCUT2D eigenvalue weighted by molar-refractivity contribution is -0.115. The van der Waals surface area contributed by atoms with Crippen LogP contribution in [0.4, 0.5) is 5.82 Å². The maximum absolute atomic E-state index is 12.0. The lowest BCUT2D eigenvalue weighted by Gasteiger charge is -2.13. The van der Waals surface area contributed by atoms with E-state index < -0.39 is 0 Å². The highest BCUT2D eigenvalue weighted by atomic mass is 16.1. The summed E-state index contributed by atoms with van der Waals surface area (Å²) in [6.45, 7) is 1.71. The van der Waals surface area contributed by atoms with E-state index in [9.17, 15) is 4.79 Å². The van der Waals surface area contributed by atoms with Crippen molar-refractivity contribution < 1.29 is 4.79 Å². The van der Waals surface area contributed by atoms with Gasteiger partial charge in [-0.2, -0.15) is 5.10 Å². The Labute approximate surface area is 111 Å². The van der Waals surface area contributed by atoms with E-state index >= 15 is 0 Å². The molecular weight excluding hydrogens is 240 g/mol. The molecular formula is C14H16N4O. The maximum Gasteiger partial charge on any atom is 0.230 e. The van der Waals surface area contributed by atoms with Gasteiger partial charge in [-0.3, -0.25) is 9.89 Å². The molecule has 0 spiro atoms. The molecule has 0 bridgehead atoms. The van der Waals surface area contributed by atoms with Gasteiger partial charge in [0.25, 0.3) is 0 Å². The molecule has 5 heteroatoms. The van der Waals surface area contributed by atoms with Crippen LogP contribution in [0.5, 0.6) is 0 Å². The summed E-state index contributed by atoms with van der Waals surface area (Å²) < 4.78 is 0. The monoisotopic (exact) mass is 256 g/mol. The first-order valence-electron chi connectivity index (χ1n) is 6.43. The number of nitrogens with zero attached hydrogens (tertiary/aromatic N) is 1. The quantitative estimate of drug-likeness (QED) is 0.773. The van der Waals surface area contributed by atoms with Crippen LogP contribution in [-0.4, -0.2) is 22.6 Å². The van der Waals surface area contributed by atoms with Gasteiger partial charge >= 0.3 is 0 Å². The number of carbonyl (C=O) groups excluding carboxylic acids is 1. The van der Waals surface area contributed by atoms with Crippen LogP contribution in [0.1, 0.15) is 16.8 Å². The lowest BCUT2D eigenvalue weighted by atomic mass is 10.1. The topological polar surface area (TPSA) is 69.8 Å². The molecule has 3 N–H and O–H groups in total. The van der Waals surface area contributed by atoms with Gasteiger partial charge in [-0.25, -0.2) is 0 Å². The molecule has 2 aromatic rings. The van der Waals surface area contributed by atoms with Crippen LogP contribution < -0.4 is 10.6 Å². The normalized spacial score (nSPS) is 13.9. The Hall–Kier alpha value is -2.14. The van der Waals surface area contributed by atoms with E-state index in [-0.39, 0.29) is 5.91 Å². The fourth-order valence-corrected chi connectivity index (χ4v) is 2.29. The van der Waals surface area contributed by atoms with Crippen LogP contribution in [-0.2, 0) is 24.2 Å². The van der Waals surface area contributed by atoms with E-state index in [0.717, 1.165) is 36.3 Å². The highest BCUT2D eigenvalue weighted by Gasteiger charge is 2.17. The molecule has 0 saturated heterocycles. The second kappa shape index (κ2) is 5.24. The van der Waals surface area contributed by atoms with Gasteiger partial charge in [-0.15, -0.1) is 0 Å². The molecule has 1 amide bonds. The third-order valence-corrected chi connectivity index (χ3v) is 3.27. The average molecular weight is 256 g/mol. The van der Waals surface area contributed by atoms with Crippen molar-refractivity contribution in [3.63, 3.8) is 0 Å². The van der Waals surface area contributed by atoms with E-state index in [1.165, 1.54) is 0 Å². The predicted molar refractivity (Wildman–Crippen MR) is 72.8 cm³/mol.